The zero-order valence-corrected chi connectivity index (χ0v) is 16.3. The molecule has 0 aliphatic heterocycles. The number of benzene rings is 1. The molecule has 5 nitrogen and oxygen atoms in total. The van der Waals surface area contributed by atoms with Crippen molar-refractivity contribution in [3.8, 4) is 0 Å². The molecule has 1 fully saturated rings. The number of H-pyrrole nitrogens is 1. The van der Waals surface area contributed by atoms with Gasteiger partial charge in [0.25, 0.3) is 11.5 Å². The van der Waals surface area contributed by atoms with E-state index in [2.05, 4.69) is 31.1 Å². The van der Waals surface area contributed by atoms with E-state index in [1.165, 1.54) is 0 Å². The van der Waals surface area contributed by atoms with Crippen LogP contribution in [0.2, 0.25) is 0 Å². The fourth-order valence-electron chi connectivity index (χ4n) is 3.68. The second-order valence-electron chi connectivity index (χ2n) is 8.58. The van der Waals surface area contributed by atoms with E-state index >= 15 is 0 Å². The van der Waals surface area contributed by atoms with Gasteiger partial charge >= 0.3 is 0 Å². The zero-order valence-electron chi connectivity index (χ0n) is 16.3. The molecule has 2 aromatic rings. The van der Waals surface area contributed by atoms with Crippen molar-refractivity contribution in [1.29, 1.82) is 0 Å². The Balaban J connectivity index is 1.77. The summed E-state index contributed by atoms with van der Waals surface area (Å²) in [4.78, 5) is 27.5. The molecule has 27 heavy (non-hydrogen) atoms. The number of nitrogens with two attached hydrogens (primary N) is 1. The topological polar surface area (TPSA) is 88.0 Å². The van der Waals surface area contributed by atoms with Gasteiger partial charge in [0.15, 0.2) is 0 Å². The van der Waals surface area contributed by atoms with Gasteiger partial charge in [-0.3, -0.25) is 9.59 Å². The molecule has 4 N–H and O–H groups in total. The molecule has 1 aliphatic carbocycles. The molecule has 1 aromatic heterocycles. The summed E-state index contributed by atoms with van der Waals surface area (Å²) in [6.07, 6.45) is 5.86. The Morgan fingerprint density at radius 1 is 1.19 bits per heavy atom. The van der Waals surface area contributed by atoms with Crippen molar-refractivity contribution in [2.45, 2.75) is 63.8 Å². The Labute approximate surface area is 160 Å². The number of carbonyl (C=O) groups is 1. The first-order valence-corrected chi connectivity index (χ1v) is 9.64. The molecular weight excluding hydrogens is 338 g/mol. The van der Waals surface area contributed by atoms with Crippen LogP contribution >= 0.6 is 0 Å². The lowest BCUT2D eigenvalue weighted by Gasteiger charge is -2.27. The number of hydrogen-bond donors (Lipinski definition) is 3. The lowest BCUT2D eigenvalue weighted by atomic mass is 9.82. The van der Waals surface area contributed by atoms with Crippen LogP contribution in [0.4, 0.5) is 5.69 Å². The summed E-state index contributed by atoms with van der Waals surface area (Å²) in [5.74, 6) is 0.0470. The minimum Gasteiger partial charge on any atom is -0.328 e. The standard InChI is InChI=1S/C22H29N3O2/c1-22(2,3)17-9-7-14(8-10-17)20(26)25-19-12-16(13-24-21(19)27)15-5-4-6-18(23)11-15/h7-10,12-13,15,18H,4-6,11,23H2,1-3H3,(H,24,27)(H,25,26). The van der Waals surface area contributed by atoms with Crippen molar-refractivity contribution in [1.82, 2.24) is 4.98 Å². The number of carbonyl (C=O) groups excluding carboxylic acids is 1. The van der Waals surface area contributed by atoms with Crippen LogP contribution in [0.1, 0.15) is 73.9 Å². The van der Waals surface area contributed by atoms with E-state index in [0.717, 1.165) is 36.8 Å². The normalized spacial score (nSPS) is 20.3. The molecule has 0 spiro atoms. The first-order valence-electron chi connectivity index (χ1n) is 9.64. The zero-order chi connectivity index (χ0) is 19.6. The van der Waals surface area contributed by atoms with Gasteiger partial charge in [0.1, 0.15) is 5.69 Å². The van der Waals surface area contributed by atoms with Gasteiger partial charge in [-0.05, 0) is 59.9 Å². The summed E-state index contributed by atoms with van der Waals surface area (Å²) in [5, 5.41) is 2.76. The van der Waals surface area contributed by atoms with Gasteiger partial charge in [0.05, 0.1) is 0 Å². The number of aromatic amines is 1. The predicted molar refractivity (Wildman–Crippen MR) is 109 cm³/mol. The number of amides is 1. The van der Waals surface area contributed by atoms with E-state index in [0.29, 0.717) is 11.5 Å². The highest BCUT2D eigenvalue weighted by Gasteiger charge is 2.22. The maximum absolute atomic E-state index is 12.6. The molecule has 5 heteroatoms. The van der Waals surface area contributed by atoms with E-state index < -0.39 is 0 Å². The van der Waals surface area contributed by atoms with Crippen molar-refractivity contribution in [2.75, 3.05) is 5.32 Å². The minimum absolute atomic E-state index is 0.0291. The average Bonchev–Trinajstić information content (AvgIpc) is 2.63. The number of nitrogens with one attached hydrogen (secondary N) is 2. The fraction of sp³-hybridized carbons (Fsp3) is 0.455. The van der Waals surface area contributed by atoms with E-state index in [-0.39, 0.29) is 28.6 Å². The van der Waals surface area contributed by atoms with Gasteiger partial charge in [-0.25, -0.2) is 0 Å². The van der Waals surface area contributed by atoms with Crippen LogP contribution in [0.25, 0.3) is 0 Å². The third-order valence-electron chi connectivity index (χ3n) is 5.37. The van der Waals surface area contributed by atoms with Crippen LogP contribution in [0.15, 0.2) is 41.3 Å². The smallest absolute Gasteiger partial charge is 0.271 e. The van der Waals surface area contributed by atoms with E-state index in [1.807, 2.05) is 12.1 Å². The molecule has 2 atom stereocenters. The lowest BCUT2D eigenvalue weighted by Crippen LogP contribution is -2.27. The van der Waals surface area contributed by atoms with Crippen molar-refractivity contribution in [2.24, 2.45) is 5.73 Å². The Bertz CT molecular complexity index is 862. The third-order valence-corrected chi connectivity index (χ3v) is 5.37. The summed E-state index contributed by atoms with van der Waals surface area (Å²) >= 11 is 0. The quantitative estimate of drug-likeness (QED) is 0.768. The Morgan fingerprint density at radius 3 is 2.52 bits per heavy atom. The van der Waals surface area contributed by atoms with Gasteiger partial charge in [0, 0.05) is 17.8 Å². The van der Waals surface area contributed by atoms with Crippen LogP contribution in [0, 0.1) is 0 Å². The first-order chi connectivity index (χ1) is 12.7. The molecule has 1 amide bonds. The molecular formula is C22H29N3O2. The van der Waals surface area contributed by atoms with Crippen LogP contribution < -0.4 is 16.6 Å². The number of hydrogen-bond acceptors (Lipinski definition) is 3. The molecule has 0 radical (unpaired) electrons. The van der Waals surface area contributed by atoms with E-state index in [1.54, 1.807) is 24.4 Å². The number of anilines is 1. The van der Waals surface area contributed by atoms with Crippen molar-refractivity contribution >= 4 is 11.6 Å². The average molecular weight is 367 g/mol. The molecule has 1 aliphatic rings. The second kappa shape index (κ2) is 7.69. The van der Waals surface area contributed by atoms with Crippen LogP contribution in [-0.4, -0.2) is 16.9 Å². The predicted octanol–water partition coefficient (Wildman–Crippen LogP) is 3.91. The lowest BCUT2D eigenvalue weighted by molar-refractivity contribution is 0.102. The van der Waals surface area contributed by atoms with Crippen LogP contribution in [-0.2, 0) is 5.41 Å². The van der Waals surface area contributed by atoms with Crippen molar-refractivity contribution in [3.63, 3.8) is 0 Å². The summed E-state index contributed by atoms with van der Waals surface area (Å²) in [7, 11) is 0. The third kappa shape index (κ3) is 4.66. The highest BCUT2D eigenvalue weighted by atomic mass is 16.2. The molecule has 2 unspecified atom stereocenters. The largest absolute Gasteiger partial charge is 0.328 e. The minimum atomic E-state index is -0.293. The molecule has 0 saturated heterocycles. The van der Waals surface area contributed by atoms with Crippen LogP contribution in [0.3, 0.4) is 0 Å². The molecule has 0 bridgehead atoms. The molecule has 144 valence electrons. The maximum Gasteiger partial charge on any atom is 0.271 e. The van der Waals surface area contributed by atoms with Gasteiger partial charge in [0.2, 0.25) is 0 Å². The molecule has 1 aromatic carbocycles. The molecule has 1 saturated carbocycles. The summed E-state index contributed by atoms with van der Waals surface area (Å²) in [6, 6.07) is 9.51. The van der Waals surface area contributed by atoms with Crippen molar-refractivity contribution in [3.05, 3.63) is 63.6 Å². The van der Waals surface area contributed by atoms with Gasteiger partial charge in [-0.2, -0.15) is 0 Å². The molecule has 1 heterocycles. The fourth-order valence-corrected chi connectivity index (χ4v) is 3.68. The number of pyridine rings is 1. The Hall–Kier alpha value is -2.40. The first kappa shape index (κ1) is 19.4. The summed E-state index contributed by atoms with van der Waals surface area (Å²) < 4.78 is 0. The summed E-state index contributed by atoms with van der Waals surface area (Å²) in [6.45, 7) is 6.39. The SMILES string of the molecule is CC(C)(C)c1ccc(C(=O)Nc2cc(C3CCCC(N)C3)c[nH]c2=O)cc1. The highest BCUT2D eigenvalue weighted by molar-refractivity contribution is 6.04. The van der Waals surface area contributed by atoms with Crippen LogP contribution in [0.5, 0.6) is 0 Å². The number of rotatable bonds is 3. The highest BCUT2D eigenvalue weighted by Crippen LogP contribution is 2.32. The maximum atomic E-state index is 12.6. The Morgan fingerprint density at radius 2 is 1.89 bits per heavy atom. The number of aromatic nitrogens is 1. The van der Waals surface area contributed by atoms with Gasteiger partial charge in [-0.1, -0.05) is 39.3 Å². The van der Waals surface area contributed by atoms with Crippen molar-refractivity contribution < 1.29 is 4.79 Å². The molecule has 3 rings (SSSR count). The van der Waals surface area contributed by atoms with Gasteiger partial charge in [-0.15, -0.1) is 0 Å². The monoisotopic (exact) mass is 367 g/mol. The van der Waals surface area contributed by atoms with E-state index in [4.69, 9.17) is 5.73 Å². The Kier molecular flexibility index (Phi) is 5.51. The second-order valence-corrected chi connectivity index (χ2v) is 8.58. The van der Waals surface area contributed by atoms with Gasteiger partial charge < -0.3 is 16.0 Å². The van der Waals surface area contributed by atoms with E-state index in [9.17, 15) is 9.59 Å². The summed E-state index contributed by atoms with van der Waals surface area (Å²) in [5.41, 5.74) is 8.84.